The molecule has 0 heterocycles. The molecule has 1 rings (SSSR count). The second-order valence-corrected chi connectivity index (χ2v) is 6.29. The molecule has 0 unspecified atom stereocenters. The Morgan fingerprint density at radius 3 is 2.36 bits per heavy atom. The molecule has 0 bridgehead atoms. The maximum Gasteiger partial charge on any atom is 0.408 e. The lowest BCUT2D eigenvalue weighted by molar-refractivity contribution is -0.139. The first-order valence-corrected chi connectivity index (χ1v) is 7.77. The van der Waals surface area contributed by atoms with Crippen LogP contribution in [0.15, 0.2) is 24.3 Å². The minimum absolute atomic E-state index is 0.114. The Labute approximate surface area is 147 Å². The van der Waals surface area contributed by atoms with Gasteiger partial charge in [0.15, 0.2) is 11.5 Å². The van der Waals surface area contributed by atoms with Gasteiger partial charge >= 0.3 is 12.1 Å². The minimum Gasteiger partial charge on any atom is -0.493 e. The van der Waals surface area contributed by atoms with Crippen LogP contribution in [0.4, 0.5) is 4.79 Å². The van der Waals surface area contributed by atoms with Crippen molar-refractivity contribution in [2.45, 2.75) is 38.8 Å². The van der Waals surface area contributed by atoms with Gasteiger partial charge in [-0.25, -0.2) is 9.59 Å². The van der Waals surface area contributed by atoms with E-state index in [2.05, 4.69) is 5.32 Å². The number of rotatable bonds is 7. The summed E-state index contributed by atoms with van der Waals surface area (Å²) < 4.78 is 15.4. The van der Waals surface area contributed by atoms with Crippen LogP contribution in [0.3, 0.4) is 0 Å². The largest absolute Gasteiger partial charge is 0.493 e. The van der Waals surface area contributed by atoms with Crippen LogP contribution in [0, 0.1) is 0 Å². The first-order valence-electron chi connectivity index (χ1n) is 7.77. The van der Waals surface area contributed by atoms with E-state index in [-0.39, 0.29) is 6.42 Å². The van der Waals surface area contributed by atoms with Crippen molar-refractivity contribution in [1.29, 1.82) is 0 Å². The third-order valence-corrected chi connectivity index (χ3v) is 3.08. The van der Waals surface area contributed by atoms with Crippen molar-refractivity contribution >= 4 is 18.1 Å². The van der Waals surface area contributed by atoms with Crippen LogP contribution in [-0.2, 0) is 9.53 Å². The number of carboxylic acids is 1. The normalized spacial score (nSPS) is 12.5. The van der Waals surface area contributed by atoms with Crippen molar-refractivity contribution in [3.8, 4) is 11.5 Å². The molecule has 1 amide bonds. The smallest absolute Gasteiger partial charge is 0.408 e. The fourth-order valence-electron chi connectivity index (χ4n) is 1.97. The molecule has 0 aromatic heterocycles. The molecule has 0 aliphatic rings. The highest BCUT2D eigenvalue weighted by Gasteiger charge is 2.22. The molecular formula is C18H25NO6. The van der Waals surface area contributed by atoms with E-state index in [1.54, 1.807) is 52.2 Å². The van der Waals surface area contributed by atoms with Crippen LogP contribution >= 0.6 is 0 Å². The Bertz CT molecular complexity index is 633. The van der Waals surface area contributed by atoms with E-state index < -0.39 is 23.7 Å². The molecular weight excluding hydrogens is 326 g/mol. The van der Waals surface area contributed by atoms with E-state index in [0.717, 1.165) is 5.56 Å². The molecule has 0 saturated heterocycles. The summed E-state index contributed by atoms with van der Waals surface area (Å²) in [4.78, 5) is 23.0. The van der Waals surface area contributed by atoms with E-state index in [0.29, 0.717) is 11.5 Å². The number of carboxylic acid groups (broad SMARTS) is 1. The molecule has 1 aromatic carbocycles. The molecule has 0 spiro atoms. The zero-order valence-corrected chi connectivity index (χ0v) is 15.2. The third-order valence-electron chi connectivity index (χ3n) is 3.08. The van der Waals surface area contributed by atoms with Crippen LogP contribution in [0.5, 0.6) is 11.5 Å². The van der Waals surface area contributed by atoms with Gasteiger partial charge in [0.25, 0.3) is 0 Å². The lowest BCUT2D eigenvalue weighted by Crippen LogP contribution is -2.43. The number of ether oxygens (including phenoxy) is 3. The molecule has 138 valence electrons. The standard InChI is InChI=1S/C18H25NO6/c1-18(2,3)25-17(22)19-13(16(20)21)8-6-7-12-9-10-14(23-4)15(11-12)24-5/h6-7,9-11,13H,8H2,1-5H3,(H,19,22)(H,20,21)/t13-/m0/s1. The van der Waals surface area contributed by atoms with Crippen molar-refractivity contribution in [2.24, 2.45) is 0 Å². The van der Waals surface area contributed by atoms with Gasteiger partial charge in [-0.15, -0.1) is 0 Å². The van der Waals surface area contributed by atoms with Gasteiger partial charge in [0.05, 0.1) is 14.2 Å². The maximum absolute atomic E-state index is 11.7. The highest BCUT2D eigenvalue weighted by molar-refractivity contribution is 5.80. The molecule has 0 saturated carbocycles. The molecule has 7 nitrogen and oxygen atoms in total. The Kier molecular flexibility index (Phi) is 7.29. The number of alkyl carbamates (subject to hydrolysis) is 1. The quantitative estimate of drug-likeness (QED) is 0.784. The number of nitrogens with one attached hydrogen (secondary N) is 1. The van der Waals surface area contributed by atoms with Crippen LogP contribution in [0.25, 0.3) is 6.08 Å². The van der Waals surface area contributed by atoms with Crippen molar-refractivity contribution in [1.82, 2.24) is 5.32 Å². The zero-order chi connectivity index (χ0) is 19.0. The molecule has 0 aliphatic carbocycles. The molecule has 0 radical (unpaired) electrons. The van der Waals surface area contributed by atoms with E-state index >= 15 is 0 Å². The topological polar surface area (TPSA) is 94.1 Å². The summed E-state index contributed by atoms with van der Waals surface area (Å²) in [5.41, 5.74) is 0.127. The average Bonchev–Trinajstić information content (AvgIpc) is 2.51. The monoisotopic (exact) mass is 351 g/mol. The third kappa shape index (κ3) is 7.15. The summed E-state index contributed by atoms with van der Waals surface area (Å²) >= 11 is 0. The van der Waals surface area contributed by atoms with Gasteiger partial charge in [-0.1, -0.05) is 18.2 Å². The number of methoxy groups -OCH3 is 2. The molecule has 0 aliphatic heterocycles. The molecule has 25 heavy (non-hydrogen) atoms. The van der Waals surface area contributed by atoms with E-state index in [1.807, 2.05) is 6.07 Å². The first-order chi connectivity index (χ1) is 11.7. The summed E-state index contributed by atoms with van der Waals surface area (Å²) in [5, 5.41) is 11.6. The number of hydrogen-bond acceptors (Lipinski definition) is 5. The van der Waals surface area contributed by atoms with Gasteiger partial charge in [-0.3, -0.25) is 0 Å². The Balaban J connectivity index is 2.73. The maximum atomic E-state index is 11.7. The molecule has 1 aromatic rings. The second-order valence-electron chi connectivity index (χ2n) is 6.29. The number of aliphatic carboxylic acids is 1. The van der Waals surface area contributed by atoms with Crippen LogP contribution in [0.2, 0.25) is 0 Å². The zero-order valence-electron chi connectivity index (χ0n) is 15.2. The summed E-state index contributed by atoms with van der Waals surface area (Å²) in [7, 11) is 3.09. The van der Waals surface area contributed by atoms with Gasteiger partial charge in [-0.05, 0) is 44.9 Å². The summed E-state index contributed by atoms with van der Waals surface area (Å²) in [5.74, 6) is 0.0452. The molecule has 0 fully saturated rings. The average molecular weight is 351 g/mol. The van der Waals surface area contributed by atoms with Gasteiger partial charge in [-0.2, -0.15) is 0 Å². The second kappa shape index (κ2) is 8.96. The molecule has 1 atom stereocenters. The molecule has 7 heteroatoms. The summed E-state index contributed by atoms with van der Waals surface area (Å²) in [6.07, 6.45) is 2.76. The van der Waals surface area contributed by atoms with E-state index in [4.69, 9.17) is 14.2 Å². The Morgan fingerprint density at radius 2 is 1.84 bits per heavy atom. The van der Waals surface area contributed by atoms with Gasteiger partial charge in [0.2, 0.25) is 0 Å². The number of carbonyl (C=O) groups excluding carboxylic acids is 1. The van der Waals surface area contributed by atoms with E-state index in [9.17, 15) is 14.7 Å². The van der Waals surface area contributed by atoms with Gasteiger partial charge < -0.3 is 24.6 Å². The van der Waals surface area contributed by atoms with Crippen molar-refractivity contribution in [3.63, 3.8) is 0 Å². The highest BCUT2D eigenvalue weighted by Crippen LogP contribution is 2.28. The lowest BCUT2D eigenvalue weighted by Gasteiger charge is -2.21. The van der Waals surface area contributed by atoms with Gasteiger partial charge in [0.1, 0.15) is 11.6 Å². The first kappa shape index (κ1) is 20.3. The fourth-order valence-corrected chi connectivity index (χ4v) is 1.97. The fraction of sp³-hybridized carbons (Fsp3) is 0.444. The van der Waals surface area contributed by atoms with Crippen molar-refractivity contribution < 1.29 is 28.9 Å². The number of carbonyl (C=O) groups is 2. The van der Waals surface area contributed by atoms with Crippen molar-refractivity contribution in [2.75, 3.05) is 14.2 Å². The predicted octanol–water partition coefficient (Wildman–Crippen LogP) is 3.09. The SMILES string of the molecule is COc1ccc(C=CC[C@H](NC(=O)OC(C)(C)C)C(=O)O)cc1OC. The lowest BCUT2D eigenvalue weighted by atomic mass is 10.1. The number of benzene rings is 1. The summed E-state index contributed by atoms with van der Waals surface area (Å²) in [6, 6.07) is 4.26. The number of hydrogen-bond donors (Lipinski definition) is 2. The minimum atomic E-state index is -1.14. The molecule has 2 N–H and O–H groups in total. The summed E-state index contributed by atoms with van der Waals surface area (Å²) in [6.45, 7) is 5.12. The van der Waals surface area contributed by atoms with Gasteiger partial charge in [0, 0.05) is 0 Å². The predicted molar refractivity (Wildman–Crippen MR) is 94.0 cm³/mol. The Hall–Kier alpha value is -2.70. The highest BCUT2D eigenvalue weighted by atomic mass is 16.6. The van der Waals surface area contributed by atoms with Crippen LogP contribution in [-0.4, -0.2) is 43.0 Å². The van der Waals surface area contributed by atoms with Crippen molar-refractivity contribution in [3.05, 3.63) is 29.8 Å². The van der Waals surface area contributed by atoms with Crippen LogP contribution in [0.1, 0.15) is 32.8 Å². The van der Waals surface area contributed by atoms with Crippen LogP contribution < -0.4 is 14.8 Å². The Morgan fingerprint density at radius 1 is 1.20 bits per heavy atom. The van der Waals surface area contributed by atoms with E-state index in [1.165, 1.54) is 7.11 Å². The number of amides is 1.